The highest BCUT2D eigenvalue weighted by Gasteiger charge is 2.45. The highest BCUT2D eigenvalue weighted by atomic mass is 31.3. The van der Waals surface area contributed by atoms with Crippen molar-refractivity contribution in [2.24, 2.45) is 11.8 Å². The van der Waals surface area contributed by atoms with Gasteiger partial charge >= 0.3 is 33.3 Å². The van der Waals surface area contributed by atoms with Gasteiger partial charge in [0.1, 0.15) is 36.6 Å². The monoisotopic (exact) mass is 1130 g/mol. The molecule has 77 heavy (non-hydrogen) atoms. The summed E-state index contributed by atoms with van der Waals surface area (Å²) in [6, 6.07) is 1.24. The number of carbonyl (C=O) groups excluding carboxylic acids is 3. The first-order valence-electron chi connectivity index (χ1n) is 27.1. The van der Waals surface area contributed by atoms with Crippen LogP contribution in [-0.2, 0) is 51.1 Å². The summed E-state index contributed by atoms with van der Waals surface area (Å²) in [6.07, 6.45) is 24.1. The number of ether oxygens (including phenoxy) is 3. The van der Waals surface area contributed by atoms with Gasteiger partial charge in [-0.05, 0) is 76.7 Å². The zero-order chi connectivity index (χ0) is 56.5. The first kappa shape index (κ1) is 67.1. The summed E-state index contributed by atoms with van der Waals surface area (Å²) in [5.74, 6) is -5.09. The molecule has 11 atom stereocenters. The van der Waals surface area contributed by atoms with Crippen molar-refractivity contribution < 1.29 is 81.3 Å². The van der Waals surface area contributed by atoms with Crippen LogP contribution in [0.4, 0.5) is 5.82 Å². The van der Waals surface area contributed by atoms with Gasteiger partial charge in [0.15, 0.2) is 6.10 Å². The zero-order valence-corrected chi connectivity index (χ0v) is 46.5. The molecule has 0 saturated carbocycles. The predicted molar refractivity (Wildman–Crippen MR) is 289 cm³/mol. The van der Waals surface area contributed by atoms with Crippen molar-refractivity contribution in [3.63, 3.8) is 0 Å². The highest BCUT2D eigenvalue weighted by Crippen LogP contribution is 2.60. The number of aliphatic hydroxyl groups excluding tert-OH is 4. The van der Waals surface area contributed by atoms with Crippen LogP contribution in [0.1, 0.15) is 155 Å². The first-order chi connectivity index (χ1) is 36.9. The molecular formula is C54H85N3O18P2. The third-order valence-corrected chi connectivity index (χ3v) is 15.3. The van der Waals surface area contributed by atoms with Crippen LogP contribution >= 0.6 is 15.6 Å². The molecule has 21 nitrogen and oxygen atoms in total. The van der Waals surface area contributed by atoms with E-state index >= 15 is 0 Å². The molecule has 23 heteroatoms. The Labute approximate surface area is 453 Å². The van der Waals surface area contributed by atoms with Crippen molar-refractivity contribution in [2.45, 2.75) is 192 Å². The summed E-state index contributed by atoms with van der Waals surface area (Å²) in [5, 5.41) is 45.8. The Balaban J connectivity index is 1.70. The first-order valence-corrected chi connectivity index (χ1v) is 30.0. The molecule has 1 aromatic rings. The number of cyclic esters (lactones) is 1. The number of hydrogen-bond acceptors (Lipinski definition) is 18. The van der Waals surface area contributed by atoms with Gasteiger partial charge in [0.25, 0.3) is 0 Å². The molecular weight excluding hydrogens is 1040 g/mol. The van der Waals surface area contributed by atoms with Gasteiger partial charge in [0.2, 0.25) is 0 Å². The van der Waals surface area contributed by atoms with E-state index < -0.39 is 120 Å². The number of anilines is 1. The van der Waals surface area contributed by atoms with Crippen LogP contribution in [0.15, 0.2) is 90.0 Å². The minimum Gasteiger partial charge on any atom is -0.462 e. The van der Waals surface area contributed by atoms with Crippen LogP contribution in [0.25, 0.3) is 0 Å². The Hall–Kier alpha value is -4.21. The fourth-order valence-electron chi connectivity index (χ4n) is 8.42. The van der Waals surface area contributed by atoms with Crippen LogP contribution in [0.3, 0.4) is 0 Å². The molecule has 8 N–H and O–H groups in total. The number of rotatable bonds is 24. The number of allylic oxidation sites excluding steroid dienone is 10. The maximum Gasteiger partial charge on any atom is 0.481 e. The summed E-state index contributed by atoms with van der Waals surface area (Å²) < 4.78 is 59.0. The lowest BCUT2D eigenvalue weighted by Crippen LogP contribution is -2.51. The van der Waals surface area contributed by atoms with E-state index in [1.165, 1.54) is 24.4 Å². The lowest BCUT2D eigenvalue weighted by atomic mass is 9.83. The number of hydrogen-bond donors (Lipinski definition) is 7. The number of phosphoric ester groups is 2. The van der Waals surface area contributed by atoms with E-state index in [0.717, 1.165) is 68.8 Å². The number of nitrogens with zero attached hydrogens (tertiary/aromatic N) is 2. The molecule has 1 aromatic heterocycles. The van der Waals surface area contributed by atoms with E-state index in [-0.39, 0.29) is 31.5 Å². The largest absolute Gasteiger partial charge is 0.481 e. The average molecular weight is 1130 g/mol. The number of esters is 2. The molecule has 3 rings (SSSR count). The number of aliphatic hydroxyl groups is 4. The molecule has 434 valence electrons. The van der Waals surface area contributed by atoms with Crippen molar-refractivity contribution in [3.8, 4) is 0 Å². The lowest BCUT2D eigenvalue weighted by Gasteiger charge is -2.39. The van der Waals surface area contributed by atoms with E-state index in [1.54, 1.807) is 0 Å². The van der Waals surface area contributed by atoms with Gasteiger partial charge in [-0.1, -0.05) is 132 Å². The van der Waals surface area contributed by atoms with Gasteiger partial charge in [0, 0.05) is 31.4 Å². The Bertz CT molecular complexity index is 2250. The minimum absolute atomic E-state index is 0.0401. The topological polar surface area (TPSA) is 323 Å². The third-order valence-electron chi connectivity index (χ3n) is 12.7. The molecule has 2 fully saturated rings. The average Bonchev–Trinajstić information content (AvgIpc) is 3.37. The van der Waals surface area contributed by atoms with E-state index in [1.807, 2.05) is 6.92 Å². The van der Waals surface area contributed by atoms with Gasteiger partial charge in [-0.2, -0.15) is 9.29 Å². The molecule has 0 aliphatic carbocycles. The second kappa shape index (κ2) is 37.6. The van der Waals surface area contributed by atoms with Crippen LogP contribution in [0.2, 0.25) is 0 Å². The Kier molecular flexibility index (Phi) is 32.8. The van der Waals surface area contributed by atoms with E-state index in [4.69, 9.17) is 29.0 Å². The summed E-state index contributed by atoms with van der Waals surface area (Å²) in [4.78, 5) is 78.2. The zero-order valence-electron chi connectivity index (χ0n) is 44.7. The molecule has 0 amide bonds. The van der Waals surface area contributed by atoms with Gasteiger partial charge in [-0.3, -0.25) is 28.0 Å². The highest BCUT2D eigenvalue weighted by molar-refractivity contribution is 7.61. The Morgan fingerprint density at radius 1 is 0.831 bits per heavy atom. The Morgan fingerprint density at radius 3 is 2.12 bits per heavy atom. The van der Waals surface area contributed by atoms with Crippen molar-refractivity contribution in [2.75, 3.05) is 25.6 Å². The van der Waals surface area contributed by atoms with Crippen LogP contribution in [-0.4, -0.2) is 114 Å². The van der Waals surface area contributed by atoms with Crippen molar-refractivity contribution in [1.29, 1.82) is 0 Å². The molecule has 2 bridgehead atoms. The number of aromatic nitrogens is 2. The number of fused-ring (bicyclic) bond motifs is 3. The lowest BCUT2D eigenvalue weighted by molar-refractivity contribution is -0.188. The molecule has 0 aromatic carbocycles. The van der Waals surface area contributed by atoms with Crippen molar-refractivity contribution >= 4 is 39.2 Å². The number of ketones is 1. The second-order valence-corrected chi connectivity index (χ2v) is 22.2. The van der Waals surface area contributed by atoms with Gasteiger partial charge in [-0.15, -0.1) is 0 Å². The van der Waals surface area contributed by atoms with Crippen LogP contribution in [0, 0.1) is 11.8 Å². The summed E-state index contributed by atoms with van der Waals surface area (Å²) in [5.41, 5.74) is 4.78. The van der Waals surface area contributed by atoms with Gasteiger partial charge in [-0.25, -0.2) is 13.9 Å². The van der Waals surface area contributed by atoms with Crippen LogP contribution < -0.4 is 11.4 Å². The Morgan fingerprint density at radius 2 is 1.47 bits per heavy atom. The predicted octanol–water partition coefficient (Wildman–Crippen LogP) is 8.26. The smallest absolute Gasteiger partial charge is 0.462 e. The van der Waals surface area contributed by atoms with E-state index in [9.17, 15) is 58.5 Å². The molecule has 2 saturated heterocycles. The molecule has 2 aliphatic rings. The summed E-state index contributed by atoms with van der Waals surface area (Å²) in [7, 11) is -11.3. The fraction of sp³-hybridized carbons (Fsp3) is 0.648. The molecule has 0 spiro atoms. The summed E-state index contributed by atoms with van der Waals surface area (Å²) in [6.45, 7) is 1.35. The number of nitrogens with two attached hydrogens (primary N) is 1. The number of unbranched alkanes of at least 4 members (excludes halogenated alkanes) is 5. The standard InChI is InChI=1S/C54H85N3O18P2/c1-3-5-7-8-9-10-11-12-13-14-15-16-17-18-19-20-21-22-27-31-49(61)70-38-42-39-71-76(66,67)75-77(68,69)72-40-47-52(64)51(63)43(34-33-41(58)29-25-6-4-2)45(59)37-46(60)44(30-26-23-24-28-32-50(62)73-42)53(74-47)57-36-35-48(55)56-54(57)65/h5,7,9-10,12-13,15-16,18-19,33-36,41-44,46-47,51-53,58,60,63-64H,3-4,6,8,11,14,17,20-32,37-40H2,1-2H3,(H,66,67)(H,68,69)(H2,55,56,65)/b7-5-,10-9-,13-12-,16-15-,19-18-,34-33+/t41-,42+,43-,44-,46-,47+,51-,52+,53+/m0/s1. The maximum absolute atomic E-state index is 14.0. The number of phosphoric acid groups is 2. The number of Topliss-reactive ketones (excluding diaryl/α,β-unsaturated/α-hetero) is 1. The van der Waals surface area contributed by atoms with Crippen molar-refractivity contribution in [3.05, 3.63) is 95.7 Å². The normalized spacial score (nSPS) is 28.8. The SMILES string of the molecule is CC/C=C\C/C=C\C/C=C\C/C=C\C/C=C\CCCCCC(=O)OC[C@@H]1COP(=O)(O)OP(=O)(O)OC[C@H]2O[C@@H](n3ccc(N)nc3=O)[C@@H](CCCCCCC(=O)O1)[C@@H](O)CC(=O)[C@H](/C=C/[C@@H](O)CCCCC)[C@H](O)[C@@H]2O. The maximum atomic E-state index is 14.0. The molecule has 2 aliphatic heterocycles. The van der Waals surface area contributed by atoms with Gasteiger partial charge in [0.05, 0.1) is 37.4 Å². The molecule has 0 radical (unpaired) electrons. The quantitative estimate of drug-likeness (QED) is 0.0222. The summed E-state index contributed by atoms with van der Waals surface area (Å²) >= 11 is 0. The molecule has 2 unspecified atom stereocenters. The third kappa shape index (κ3) is 28.0. The molecule has 3 heterocycles. The van der Waals surface area contributed by atoms with E-state index in [0.29, 0.717) is 38.5 Å². The number of nitrogen functional groups attached to an aromatic ring is 1. The minimum atomic E-state index is -5.72. The fourth-order valence-corrected chi connectivity index (χ4v) is 10.5. The van der Waals surface area contributed by atoms with Crippen LogP contribution in [0.5, 0.6) is 0 Å². The van der Waals surface area contributed by atoms with Crippen molar-refractivity contribution in [1.82, 2.24) is 9.55 Å². The second-order valence-electron chi connectivity index (χ2n) is 19.1. The number of carbonyl (C=O) groups is 3. The van der Waals surface area contributed by atoms with E-state index in [2.05, 4.69) is 77.0 Å². The van der Waals surface area contributed by atoms with Gasteiger partial charge < -0.3 is 50.2 Å².